The quantitative estimate of drug-likeness (QED) is 0.926. The fourth-order valence-electron chi connectivity index (χ4n) is 3.05. The summed E-state index contributed by atoms with van der Waals surface area (Å²) in [5.74, 6) is 0.985. The van der Waals surface area contributed by atoms with Crippen molar-refractivity contribution in [3.8, 4) is 0 Å². The molecule has 0 bridgehead atoms. The highest BCUT2D eigenvalue weighted by Crippen LogP contribution is 2.47. The molecule has 0 spiro atoms. The van der Waals surface area contributed by atoms with E-state index in [9.17, 15) is 0 Å². The lowest BCUT2D eigenvalue weighted by Crippen LogP contribution is -2.37. The van der Waals surface area contributed by atoms with Gasteiger partial charge in [-0.15, -0.1) is 0 Å². The van der Waals surface area contributed by atoms with Crippen LogP contribution in [-0.2, 0) is 11.8 Å². The van der Waals surface area contributed by atoms with Crippen LogP contribution in [0, 0.1) is 6.92 Å². The Morgan fingerprint density at radius 1 is 1.15 bits per heavy atom. The molecular formula is C17H21N3. The van der Waals surface area contributed by atoms with Crippen molar-refractivity contribution in [2.75, 3.05) is 6.54 Å². The van der Waals surface area contributed by atoms with Gasteiger partial charge in [-0.3, -0.25) is 0 Å². The van der Waals surface area contributed by atoms with Crippen molar-refractivity contribution in [3.05, 3.63) is 59.2 Å². The minimum Gasteiger partial charge on any atom is -0.330 e. The van der Waals surface area contributed by atoms with Crippen LogP contribution >= 0.6 is 0 Å². The van der Waals surface area contributed by atoms with Crippen molar-refractivity contribution in [3.63, 3.8) is 0 Å². The molecule has 104 valence electrons. The predicted octanol–water partition coefficient (Wildman–Crippen LogP) is 2.76. The molecule has 3 heteroatoms. The topological polar surface area (TPSA) is 51.8 Å². The van der Waals surface area contributed by atoms with Gasteiger partial charge in [0, 0.05) is 17.8 Å². The van der Waals surface area contributed by atoms with Crippen molar-refractivity contribution in [1.29, 1.82) is 0 Å². The minimum atomic E-state index is 0.0244. The van der Waals surface area contributed by atoms with Crippen LogP contribution in [0.25, 0.3) is 0 Å². The molecule has 2 aromatic rings. The zero-order valence-corrected chi connectivity index (χ0v) is 12.0. The van der Waals surface area contributed by atoms with Gasteiger partial charge in [-0.05, 0) is 37.9 Å². The lowest BCUT2D eigenvalue weighted by Gasteiger charge is -2.41. The third kappa shape index (κ3) is 2.22. The Morgan fingerprint density at radius 3 is 2.50 bits per heavy atom. The van der Waals surface area contributed by atoms with E-state index in [1.54, 1.807) is 0 Å². The van der Waals surface area contributed by atoms with Gasteiger partial charge in [-0.1, -0.05) is 36.8 Å². The molecule has 1 saturated carbocycles. The van der Waals surface area contributed by atoms with Crippen molar-refractivity contribution in [2.24, 2.45) is 5.73 Å². The standard InChI is InChI=1S/C17H21N3/c1-13-12-15(8-11-18)20-16(19-13)17(9-5-10-17)14-6-3-2-4-7-14/h2-4,6-7,12H,5,8-11,18H2,1H3. The van der Waals surface area contributed by atoms with Crippen LogP contribution in [0.1, 0.15) is 42.0 Å². The number of aryl methyl sites for hydroxylation is 1. The van der Waals surface area contributed by atoms with Gasteiger partial charge in [0.05, 0.1) is 5.41 Å². The Balaban J connectivity index is 2.06. The second-order valence-electron chi connectivity index (χ2n) is 5.66. The molecule has 1 aromatic carbocycles. The summed E-state index contributed by atoms with van der Waals surface area (Å²) in [7, 11) is 0. The average molecular weight is 267 g/mol. The molecular weight excluding hydrogens is 246 g/mol. The first-order chi connectivity index (χ1) is 9.74. The van der Waals surface area contributed by atoms with Gasteiger partial charge in [0.1, 0.15) is 5.82 Å². The molecule has 0 unspecified atom stereocenters. The van der Waals surface area contributed by atoms with Crippen LogP contribution in [0.15, 0.2) is 36.4 Å². The van der Waals surface area contributed by atoms with E-state index in [1.807, 2.05) is 13.0 Å². The normalized spacial score (nSPS) is 16.7. The Morgan fingerprint density at radius 2 is 1.90 bits per heavy atom. The van der Waals surface area contributed by atoms with Gasteiger partial charge < -0.3 is 5.73 Å². The van der Waals surface area contributed by atoms with Crippen LogP contribution in [0.5, 0.6) is 0 Å². The fourth-order valence-corrected chi connectivity index (χ4v) is 3.05. The molecule has 1 heterocycles. The first kappa shape index (κ1) is 13.3. The predicted molar refractivity (Wildman–Crippen MR) is 80.6 cm³/mol. The summed E-state index contributed by atoms with van der Waals surface area (Å²) < 4.78 is 0. The summed E-state index contributed by atoms with van der Waals surface area (Å²) in [6, 6.07) is 12.7. The van der Waals surface area contributed by atoms with Crippen LogP contribution in [-0.4, -0.2) is 16.5 Å². The summed E-state index contributed by atoms with van der Waals surface area (Å²) in [4.78, 5) is 9.54. The van der Waals surface area contributed by atoms with Crippen molar-refractivity contribution in [2.45, 2.75) is 38.0 Å². The Hall–Kier alpha value is -1.74. The van der Waals surface area contributed by atoms with Gasteiger partial charge in [0.2, 0.25) is 0 Å². The summed E-state index contributed by atoms with van der Waals surface area (Å²) in [6.07, 6.45) is 4.35. The maximum absolute atomic E-state index is 5.67. The molecule has 20 heavy (non-hydrogen) atoms. The summed E-state index contributed by atoms with van der Waals surface area (Å²) in [6.45, 7) is 2.68. The monoisotopic (exact) mass is 267 g/mol. The average Bonchev–Trinajstić information content (AvgIpc) is 2.38. The first-order valence-electron chi connectivity index (χ1n) is 7.35. The van der Waals surface area contributed by atoms with Crippen LogP contribution in [0.2, 0.25) is 0 Å². The second kappa shape index (κ2) is 5.33. The molecule has 0 atom stereocenters. The molecule has 0 saturated heterocycles. The summed E-state index contributed by atoms with van der Waals surface area (Å²) in [5.41, 5.74) is 9.14. The number of rotatable bonds is 4. The highest BCUT2D eigenvalue weighted by atomic mass is 14.9. The summed E-state index contributed by atoms with van der Waals surface area (Å²) in [5, 5.41) is 0. The van der Waals surface area contributed by atoms with Crippen LogP contribution in [0.4, 0.5) is 0 Å². The van der Waals surface area contributed by atoms with E-state index in [0.717, 1.165) is 36.5 Å². The van der Waals surface area contributed by atoms with E-state index in [2.05, 4.69) is 30.3 Å². The molecule has 2 N–H and O–H groups in total. The lowest BCUT2D eigenvalue weighted by molar-refractivity contribution is 0.284. The van der Waals surface area contributed by atoms with Crippen LogP contribution < -0.4 is 5.73 Å². The Labute approximate surface area is 120 Å². The zero-order valence-electron chi connectivity index (χ0n) is 12.0. The molecule has 0 amide bonds. The first-order valence-corrected chi connectivity index (χ1v) is 7.35. The van der Waals surface area contributed by atoms with E-state index in [0.29, 0.717) is 6.54 Å². The van der Waals surface area contributed by atoms with E-state index < -0.39 is 0 Å². The number of benzene rings is 1. The Kier molecular flexibility index (Phi) is 3.53. The van der Waals surface area contributed by atoms with Gasteiger partial charge in [0.15, 0.2) is 0 Å². The maximum Gasteiger partial charge on any atom is 0.139 e. The third-order valence-electron chi connectivity index (χ3n) is 4.27. The molecule has 1 aliphatic rings. The number of nitrogens with two attached hydrogens (primary N) is 1. The zero-order chi connectivity index (χ0) is 14.0. The van der Waals surface area contributed by atoms with Crippen molar-refractivity contribution in [1.82, 2.24) is 9.97 Å². The Bertz CT molecular complexity index is 588. The van der Waals surface area contributed by atoms with Gasteiger partial charge in [0.25, 0.3) is 0 Å². The second-order valence-corrected chi connectivity index (χ2v) is 5.66. The molecule has 0 aliphatic heterocycles. The van der Waals surface area contributed by atoms with E-state index >= 15 is 0 Å². The molecule has 1 aliphatic carbocycles. The number of hydrogen-bond acceptors (Lipinski definition) is 3. The number of hydrogen-bond donors (Lipinski definition) is 1. The largest absolute Gasteiger partial charge is 0.330 e. The molecule has 1 aromatic heterocycles. The number of aromatic nitrogens is 2. The van der Waals surface area contributed by atoms with Gasteiger partial charge in [-0.25, -0.2) is 9.97 Å². The highest BCUT2D eigenvalue weighted by Gasteiger charge is 2.43. The van der Waals surface area contributed by atoms with Crippen molar-refractivity contribution >= 4 is 0 Å². The highest BCUT2D eigenvalue weighted by molar-refractivity contribution is 5.36. The molecule has 1 fully saturated rings. The SMILES string of the molecule is Cc1cc(CCN)nc(C2(c3ccccc3)CCC2)n1. The lowest BCUT2D eigenvalue weighted by atomic mass is 9.64. The molecule has 3 rings (SSSR count). The third-order valence-corrected chi connectivity index (χ3v) is 4.27. The fraction of sp³-hybridized carbons (Fsp3) is 0.412. The van der Waals surface area contributed by atoms with Crippen molar-refractivity contribution < 1.29 is 0 Å². The maximum atomic E-state index is 5.67. The molecule has 0 radical (unpaired) electrons. The summed E-state index contributed by atoms with van der Waals surface area (Å²) >= 11 is 0. The minimum absolute atomic E-state index is 0.0244. The number of nitrogens with zero attached hydrogens (tertiary/aromatic N) is 2. The van der Waals surface area contributed by atoms with E-state index in [-0.39, 0.29) is 5.41 Å². The van der Waals surface area contributed by atoms with Crippen LogP contribution in [0.3, 0.4) is 0 Å². The van der Waals surface area contributed by atoms with E-state index in [4.69, 9.17) is 15.7 Å². The smallest absolute Gasteiger partial charge is 0.139 e. The molecule has 3 nitrogen and oxygen atoms in total. The van der Waals surface area contributed by atoms with Gasteiger partial charge in [-0.2, -0.15) is 0 Å². The van der Waals surface area contributed by atoms with E-state index in [1.165, 1.54) is 12.0 Å². The van der Waals surface area contributed by atoms with Gasteiger partial charge >= 0.3 is 0 Å².